The summed E-state index contributed by atoms with van der Waals surface area (Å²) in [5, 5.41) is 12.1. The van der Waals surface area contributed by atoms with Gasteiger partial charge in [0.05, 0.1) is 6.61 Å². The van der Waals surface area contributed by atoms with Crippen molar-refractivity contribution in [1.29, 1.82) is 0 Å². The van der Waals surface area contributed by atoms with Crippen molar-refractivity contribution in [1.82, 2.24) is 10.2 Å². The van der Waals surface area contributed by atoms with Gasteiger partial charge >= 0.3 is 5.97 Å². The van der Waals surface area contributed by atoms with E-state index in [2.05, 4.69) is 5.32 Å². The first-order valence-electron chi connectivity index (χ1n) is 9.31. The molecule has 0 heterocycles. The van der Waals surface area contributed by atoms with Gasteiger partial charge in [0, 0.05) is 31.5 Å². The van der Waals surface area contributed by atoms with Crippen LogP contribution in [0.2, 0.25) is 0 Å². The number of methoxy groups -OCH3 is 1. The van der Waals surface area contributed by atoms with Crippen LogP contribution < -0.4 is 5.32 Å². The molecule has 0 unspecified atom stereocenters. The van der Waals surface area contributed by atoms with E-state index in [1.54, 1.807) is 0 Å². The third-order valence-electron chi connectivity index (χ3n) is 5.35. The second kappa shape index (κ2) is 9.75. The predicted octanol–water partition coefficient (Wildman–Crippen LogP) is 1.41. The zero-order chi connectivity index (χ0) is 18.2. The second-order valence-corrected chi connectivity index (χ2v) is 7.18. The molecule has 7 heteroatoms. The van der Waals surface area contributed by atoms with Gasteiger partial charge in [0.2, 0.25) is 11.8 Å². The fraction of sp³-hybridized carbons (Fsp3) is 0.833. The normalized spacial score (nSPS) is 24.0. The van der Waals surface area contributed by atoms with Crippen LogP contribution in [0.4, 0.5) is 0 Å². The van der Waals surface area contributed by atoms with Gasteiger partial charge in [-0.1, -0.05) is 12.8 Å². The Morgan fingerprint density at radius 2 is 1.68 bits per heavy atom. The van der Waals surface area contributed by atoms with Crippen molar-refractivity contribution in [2.24, 2.45) is 11.8 Å². The lowest BCUT2D eigenvalue weighted by atomic mass is 9.84. The Hall–Kier alpha value is -1.63. The molecule has 0 spiro atoms. The average molecular weight is 354 g/mol. The van der Waals surface area contributed by atoms with Crippen LogP contribution >= 0.6 is 0 Å². The van der Waals surface area contributed by atoms with Gasteiger partial charge in [0.25, 0.3) is 0 Å². The Labute approximate surface area is 149 Å². The lowest BCUT2D eigenvalue weighted by Gasteiger charge is -2.32. The lowest BCUT2D eigenvalue weighted by molar-refractivity contribution is -0.147. The van der Waals surface area contributed by atoms with Gasteiger partial charge in [0.1, 0.15) is 6.54 Å². The predicted molar refractivity (Wildman–Crippen MR) is 91.9 cm³/mol. The number of amides is 2. The molecule has 0 aromatic rings. The number of aliphatic carboxylic acids is 1. The zero-order valence-electron chi connectivity index (χ0n) is 15.0. The molecule has 2 aliphatic rings. The molecule has 0 aromatic heterocycles. The fourth-order valence-electron chi connectivity index (χ4n) is 3.88. The first-order chi connectivity index (χ1) is 12.0. The van der Waals surface area contributed by atoms with Crippen LogP contribution in [0.1, 0.15) is 51.4 Å². The van der Waals surface area contributed by atoms with Crippen molar-refractivity contribution in [3.8, 4) is 0 Å². The van der Waals surface area contributed by atoms with Gasteiger partial charge < -0.3 is 20.1 Å². The summed E-state index contributed by atoms with van der Waals surface area (Å²) in [5.74, 6) is -0.947. The van der Waals surface area contributed by atoms with E-state index in [4.69, 9.17) is 9.84 Å². The summed E-state index contributed by atoms with van der Waals surface area (Å²) < 4.78 is 4.97. The summed E-state index contributed by atoms with van der Waals surface area (Å²) in [5.41, 5.74) is 0. The average Bonchev–Trinajstić information content (AvgIpc) is 3.13. The number of hydrogen-bond donors (Lipinski definition) is 2. The highest BCUT2D eigenvalue weighted by Gasteiger charge is 2.32. The second-order valence-electron chi connectivity index (χ2n) is 7.18. The van der Waals surface area contributed by atoms with E-state index in [-0.39, 0.29) is 36.2 Å². The van der Waals surface area contributed by atoms with Gasteiger partial charge in [-0.05, 0) is 38.5 Å². The van der Waals surface area contributed by atoms with Crippen molar-refractivity contribution in [2.45, 2.75) is 57.4 Å². The number of ether oxygens (including phenoxy) is 1. The van der Waals surface area contributed by atoms with E-state index in [0.717, 1.165) is 38.5 Å². The SMILES string of the molecule is COCCN(CC(=O)O)C(=O)C1CCC(NC(=O)C2CCCC2)CC1. The Kier molecular flexibility index (Phi) is 7.68. The molecular formula is C18H30N2O5. The lowest BCUT2D eigenvalue weighted by Crippen LogP contribution is -2.45. The minimum atomic E-state index is -1.01. The van der Waals surface area contributed by atoms with Gasteiger partial charge in [-0.25, -0.2) is 0 Å². The molecule has 0 aromatic carbocycles. The number of rotatable bonds is 8. The van der Waals surface area contributed by atoms with Crippen molar-refractivity contribution in [2.75, 3.05) is 26.8 Å². The molecule has 2 amide bonds. The van der Waals surface area contributed by atoms with E-state index in [0.29, 0.717) is 26.0 Å². The van der Waals surface area contributed by atoms with Crippen LogP contribution in [0, 0.1) is 11.8 Å². The molecule has 2 aliphatic carbocycles. The van der Waals surface area contributed by atoms with Crippen molar-refractivity contribution in [3.63, 3.8) is 0 Å². The number of nitrogens with one attached hydrogen (secondary N) is 1. The molecule has 0 radical (unpaired) electrons. The number of nitrogens with zero attached hydrogens (tertiary/aromatic N) is 1. The summed E-state index contributed by atoms with van der Waals surface area (Å²) in [6.07, 6.45) is 7.20. The van der Waals surface area contributed by atoms with E-state index < -0.39 is 5.97 Å². The summed E-state index contributed by atoms with van der Waals surface area (Å²) in [7, 11) is 1.53. The first kappa shape index (κ1) is 19.7. The van der Waals surface area contributed by atoms with Gasteiger partial charge in [-0.2, -0.15) is 0 Å². The van der Waals surface area contributed by atoms with Crippen LogP contribution in [0.5, 0.6) is 0 Å². The van der Waals surface area contributed by atoms with Crippen LogP contribution in [-0.2, 0) is 19.1 Å². The summed E-state index contributed by atoms with van der Waals surface area (Å²) in [6, 6.07) is 0.143. The molecule has 142 valence electrons. The van der Waals surface area contributed by atoms with Gasteiger partial charge in [-0.3, -0.25) is 14.4 Å². The Morgan fingerprint density at radius 3 is 2.24 bits per heavy atom. The maximum atomic E-state index is 12.6. The maximum absolute atomic E-state index is 12.6. The molecule has 2 rings (SSSR count). The Morgan fingerprint density at radius 1 is 1.04 bits per heavy atom. The van der Waals surface area contributed by atoms with Crippen molar-refractivity contribution < 1.29 is 24.2 Å². The minimum absolute atomic E-state index is 0.111. The Bertz CT molecular complexity index is 468. The molecule has 2 saturated carbocycles. The molecule has 2 N–H and O–H groups in total. The van der Waals surface area contributed by atoms with E-state index >= 15 is 0 Å². The molecule has 2 fully saturated rings. The van der Waals surface area contributed by atoms with Crippen LogP contribution in [0.25, 0.3) is 0 Å². The molecule has 0 saturated heterocycles. The summed E-state index contributed by atoms with van der Waals surface area (Å²) >= 11 is 0. The smallest absolute Gasteiger partial charge is 0.323 e. The number of carboxylic acid groups (broad SMARTS) is 1. The molecular weight excluding hydrogens is 324 g/mol. The van der Waals surface area contributed by atoms with Crippen molar-refractivity contribution in [3.05, 3.63) is 0 Å². The molecule has 0 aliphatic heterocycles. The maximum Gasteiger partial charge on any atom is 0.323 e. The molecule has 7 nitrogen and oxygen atoms in total. The highest BCUT2D eigenvalue weighted by atomic mass is 16.5. The van der Waals surface area contributed by atoms with E-state index in [9.17, 15) is 14.4 Å². The van der Waals surface area contributed by atoms with Crippen LogP contribution in [0.15, 0.2) is 0 Å². The van der Waals surface area contributed by atoms with Crippen LogP contribution in [0.3, 0.4) is 0 Å². The standard InChI is InChI=1S/C18H30N2O5/c1-25-11-10-20(12-16(21)22)18(24)14-6-8-15(9-7-14)19-17(23)13-4-2-3-5-13/h13-15H,2-12H2,1H3,(H,19,23)(H,21,22). The topological polar surface area (TPSA) is 95.9 Å². The quantitative estimate of drug-likeness (QED) is 0.687. The fourth-order valence-corrected chi connectivity index (χ4v) is 3.88. The Balaban J connectivity index is 1.79. The third-order valence-corrected chi connectivity index (χ3v) is 5.35. The molecule has 25 heavy (non-hydrogen) atoms. The van der Waals surface area contributed by atoms with Crippen molar-refractivity contribution >= 4 is 17.8 Å². The number of carbonyl (C=O) groups is 3. The number of carboxylic acids is 1. The largest absolute Gasteiger partial charge is 0.480 e. The molecule has 0 bridgehead atoms. The number of carbonyl (C=O) groups excluding carboxylic acids is 2. The monoisotopic (exact) mass is 354 g/mol. The van der Waals surface area contributed by atoms with Gasteiger partial charge in [0.15, 0.2) is 0 Å². The van der Waals surface area contributed by atoms with Crippen LogP contribution in [-0.4, -0.2) is 60.6 Å². The first-order valence-corrected chi connectivity index (χ1v) is 9.31. The van der Waals surface area contributed by atoms with Gasteiger partial charge in [-0.15, -0.1) is 0 Å². The highest BCUT2D eigenvalue weighted by Crippen LogP contribution is 2.28. The summed E-state index contributed by atoms with van der Waals surface area (Å²) in [4.78, 5) is 37.2. The zero-order valence-corrected chi connectivity index (χ0v) is 15.0. The molecule has 0 atom stereocenters. The van der Waals surface area contributed by atoms with E-state index in [1.165, 1.54) is 12.0 Å². The minimum Gasteiger partial charge on any atom is -0.480 e. The highest BCUT2D eigenvalue weighted by molar-refractivity contribution is 5.83. The number of hydrogen-bond acceptors (Lipinski definition) is 4. The summed E-state index contributed by atoms with van der Waals surface area (Å²) in [6.45, 7) is 0.326. The third kappa shape index (κ3) is 5.99. The van der Waals surface area contributed by atoms with E-state index in [1.807, 2.05) is 0 Å².